The number of rotatable bonds is 4. The van der Waals surface area contributed by atoms with Crippen molar-refractivity contribution in [2.45, 2.75) is 86.2 Å². The molecular formula is C26H38N4O. The lowest BCUT2D eigenvalue weighted by Crippen LogP contribution is -2.27. The summed E-state index contributed by atoms with van der Waals surface area (Å²) in [6.07, 6.45) is -0.235. The summed E-state index contributed by atoms with van der Waals surface area (Å²) in [5.74, 6) is 0.908. The lowest BCUT2D eigenvalue weighted by Gasteiger charge is -2.32. The first kappa shape index (κ1) is 23.1. The van der Waals surface area contributed by atoms with Gasteiger partial charge in [-0.1, -0.05) is 47.6 Å². The third-order valence-corrected chi connectivity index (χ3v) is 5.83. The Morgan fingerprint density at radius 3 is 1.55 bits per heavy atom. The Balaban J connectivity index is 2.45. The third kappa shape index (κ3) is 4.41. The summed E-state index contributed by atoms with van der Waals surface area (Å²) in [4.78, 5) is 0. The molecule has 1 aromatic carbocycles. The van der Waals surface area contributed by atoms with Crippen LogP contribution in [0, 0.1) is 27.7 Å². The highest BCUT2D eigenvalue weighted by Crippen LogP contribution is 2.42. The van der Waals surface area contributed by atoms with Crippen molar-refractivity contribution in [1.29, 1.82) is 0 Å². The predicted molar refractivity (Wildman–Crippen MR) is 127 cm³/mol. The molecule has 0 bridgehead atoms. The number of methoxy groups -OCH3 is 1. The average Bonchev–Trinajstić information content (AvgIpc) is 3.13. The molecule has 5 heteroatoms. The molecule has 0 spiro atoms. The number of hydrogen-bond acceptors (Lipinski definition) is 3. The van der Waals surface area contributed by atoms with E-state index >= 15 is 0 Å². The second-order valence-corrected chi connectivity index (χ2v) is 10.8. The molecular weight excluding hydrogens is 384 g/mol. The van der Waals surface area contributed by atoms with Gasteiger partial charge in [-0.05, 0) is 62.3 Å². The maximum Gasteiger partial charge on any atom is 0.172 e. The smallest absolute Gasteiger partial charge is 0.172 e. The van der Waals surface area contributed by atoms with Crippen LogP contribution >= 0.6 is 0 Å². The molecule has 5 nitrogen and oxygen atoms in total. The summed E-state index contributed by atoms with van der Waals surface area (Å²) in [7, 11) is 1.77. The number of ether oxygens (including phenoxy) is 1. The largest absolute Gasteiger partial charge is 0.496 e. The van der Waals surface area contributed by atoms with E-state index in [1.807, 2.05) is 13.8 Å². The zero-order valence-electron chi connectivity index (χ0n) is 21.1. The average molecular weight is 423 g/mol. The predicted octanol–water partition coefficient (Wildman–Crippen LogP) is 6.01. The molecule has 3 aromatic rings. The van der Waals surface area contributed by atoms with Crippen molar-refractivity contribution >= 4 is 0 Å². The van der Waals surface area contributed by atoms with Gasteiger partial charge in [-0.2, -0.15) is 10.2 Å². The second-order valence-electron chi connectivity index (χ2n) is 10.8. The van der Waals surface area contributed by atoms with E-state index in [4.69, 9.17) is 14.9 Å². The molecule has 0 aliphatic heterocycles. The quantitative estimate of drug-likeness (QED) is 0.517. The van der Waals surface area contributed by atoms with E-state index in [2.05, 4.69) is 89.0 Å². The van der Waals surface area contributed by atoms with E-state index in [0.717, 1.165) is 34.1 Å². The van der Waals surface area contributed by atoms with Crippen LogP contribution in [0.1, 0.15) is 87.2 Å². The maximum atomic E-state index is 6.11. The Kier molecular flexibility index (Phi) is 5.85. The van der Waals surface area contributed by atoms with E-state index < -0.39 is 0 Å². The Bertz CT molecular complexity index is 1040. The zero-order chi connectivity index (χ0) is 23.3. The highest BCUT2D eigenvalue weighted by Gasteiger charge is 2.32. The van der Waals surface area contributed by atoms with Crippen LogP contribution in [0.4, 0.5) is 0 Å². The first-order valence-electron chi connectivity index (χ1n) is 11.0. The summed E-state index contributed by atoms with van der Waals surface area (Å²) < 4.78 is 10.3. The minimum absolute atomic E-state index is 0.00424. The van der Waals surface area contributed by atoms with Gasteiger partial charge in [0.1, 0.15) is 5.75 Å². The van der Waals surface area contributed by atoms with Gasteiger partial charge in [0.25, 0.3) is 0 Å². The van der Waals surface area contributed by atoms with Crippen LogP contribution in [0.25, 0.3) is 0 Å². The molecule has 31 heavy (non-hydrogen) atoms. The number of nitrogens with zero attached hydrogens (tertiary/aromatic N) is 4. The number of hydrogen-bond donors (Lipinski definition) is 0. The van der Waals surface area contributed by atoms with Crippen LogP contribution in [-0.2, 0) is 10.8 Å². The second kappa shape index (κ2) is 7.85. The van der Waals surface area contributed by atoms with E-state index in [9.17, 15) is 0 Å². The van der Waals surface area contributed by atoms with Gasteiger partial charge in [0.05, 0.1) is 18.5 Å². The molecule has 0 N–H and O–H groups in total. The Labute approximate surface area is 187 Å². The van der Waals surface area contributed by atoms with Crippen LogP contribution in [0.5, 0.6) is 5.75 Å². The van der Waals surface area contributed by atoms with Gasteiger partial charge in [0.15, 0.2) is 6.17 Å². The molecule has 0 amide bonds. The minimum Gasteiger partial charge on any atom is -0.496 e. The summed E-state index contributed by atoms with van der Waals surface area (Å²) >= 11 is 0. The number of benzene rings is 1. The van der Waals surface area contributed by atoms with Gasteiger partial charge in [0.2, 0.25) is 0 Å². The lowest BCUT2D eigenvalue weighted by atomic mass is 9.78. The number of aryl methyl sites for hydroxylation is 4. The fourth-order valence-electron chi connectivity index (χ4n) is 4.22. The molecule has 0 saturated heterocycles. The fraction of sp³-hybridized carbons (Fsp3) is 0.538. The van der Waals surface area contributed by atoms with Gasteiger partial charge in [-0.3, -0.25) is 0 Å². The van der Waals surface area contributed by atoms with Crippen molar-refractivity contribution in [3.63, 3.8) is 0 Å². The zero-order valence-corrected chi connectivity index (χ0v) is 21.1. The summed E-state index contributed by atoms with van der Waals surface area (Å²) in [6.45, 7) is 21.8. The van der Waals surface area contributed by atoms with Gasteiger partial charge in [-0.25, -0.2) is 9.36 Å². The van der Waals surface area contributed by atoms with Crippen molar-refractivity contribution in [3.8, 4) is 5.75 Å². The maximum absolute atomic E-state index is 6.11. The van der Waals surface area contributed by atoms with Gasteiger partial charge >= 0.3 is 0 Å². The molecule has 3 rings (SSSR count). The Morgan fingerprint density at radius 2 is 1.23 bits per heavy atom. The highest BCUT2D eigenvalue weighted by atomic mass is 16.5. The molecule has 0 aliphatic carbocycles. The first-order valence-corrected chi connectivity index (χ1v) is 11.0. The highest BCUT2D eigenvalue weighted by molar-refractivity contribution is 5.51. The molecule has 0 aliphatic rings. The van der Waals surface area contributed by atoms with Crippen molar-refractivity contribution in [3.05, 3.63) is 63.7 Å². The van der Waals surface area contributed by atoms with Crippen LogP contribution < -0.4 is 4.74 Å². The Morgan fingerprint density at radius 1 is 0.742 bits per heavy atom. The molecule has 0 atom stereocenters. The fourth-order valence-corrected chi connectivity index (χ4v) is 4.22. The standard InChI is InChI=1S/C26H38N4O/c1-16-12-18(3)29(27-16)24(30-19(4)13-17(2)28-30)21-14-20(25(5,6)7)15-22(23(21)31-11)26(8,9)10/h12-15,24H,1-11H3. The van der Waals surface area contributed by atoms with Crippen molar-refractivity contribution in [2.75, 3.05) is 7.11 Å². The lowest BCUT2D eigenvalue weighted by molar-refractivity contribution is 0.354. The van der Waals surface area contributed by atoms with Crippen molar-refractivity contribution in [1.82, 2.24) is 19.6 Å². The van der Waals surface area contributed by atoms with Gasteiger partial charge < -0.3 is 4.74 Å². The SMILES string of the molecule is COc1c(C(n2nc(C)cc2C)n2nc(C)cc2C)cc(C(C)(C)C)cc1C(C)(C)C. The molecule has 2 aromatic heterocycles. The third-order valence-electron chi connectivity index (χ3n) is 5.83. The molecule has 0 fully saturated rings. The molecule has 0 saturated carbocycles. The van der Waals surface area contributed by atoms with Crippen LogP contribution in [0.15, 0.2) is 24.3 Å². The number of aromatic nitrogens is 4. The van der Waals surface area contributed by atoms with Gasteiger partial charge in [-0.15, -0.1) is 0 Å². The van der Waals surface area contributed by atoms with Crippen molar-refractivity contribution < 1.29 is 4.74 Å². The van der Waals surface area contributed by atoms with E-state index in [1.54, 1.807) is 7.11 Å². The molecule has 2 heterocycles. The molecule has 0 unspecified atom stereocenters. The first-order chi connectivity index (χ1) is 14.2. The van der Waals surface area contributed by atoms with Crippen molar-refractivity contribution in [2.24, 2.45) is 0 Å². The topological polar surface area (TPSA) is 44.9 Å². The van der Waals surface area contributed by atoms with E-state index in [-0.39, 0.29) is 17.0 Å². The summed E-state index contributed by atoms with van der Waals surface area (Å²) in [5, 5.41) is 9.75. The van der Waals surface area contributed by atoms with E-state index in [0.29, 0.717) is 0 Å². The minimum atomic E-state index is -0.235. The molecule has 0 radical (unpaired) electrons. The van der Waals surface area contributed by atoms with Crippen LogP contribution in [0.2, 0.25) is 0 Å². The van der Waals surface area contributed by atoms with Crippen LogP contribution in [-0.4, -0.2) is 26.7 Å². The normalized spacial score (nSPS) is 12.6. The monoisotopic (exact) mass is 422 g/mol. The molecule has 168 valence electrons. The van der Waals surface area contributed by atoms with E-state index in [1.165, 1.54) is 11.1 Å². The van der Waals surface area contributed by atoms with Crippen LogP contribution in [0.3, 0.4) is 0 Å². The Hall–Kier alpha value is -2.56. The van der Waals surface area contributed by atoms with Gasteiger partial charge in [0, 0.05) is 22.5 Å². The summed E-state index contributed by atoms with van der Waals surface area (Å²) in [6, 6.07) is 8.82. The summed E-state index contributed by atoms with van der Waals surface area (Å²) in [5.41, 5.74) is 7.65.